The van der Waals surface area contributed by atoms with Crippen molar-refractivity contribution in [2.24, 2.45) is 0 Å². The van der Waals surface area contributed by atoms with Gasteiger partial charge in [0.2, 0.25) is 0 Å². The Labute approximate surface area is 151 Å². The molecule has 2 heteroatoms. The van der Waals surface area contributed by atoms with Gasteiger partial charge in [-0.3, -0.25) is 4.90 Å². The molecule has 1 unspecified atom stereocenters. The maximum absolute atomic E-state index is 12.2. The molecule has 126 valence electrons. The number of carbonyl (C=O) groups is 1. The zero-order valence-electron chi connectivity index (χ0n) is 15.2. The van der Waals surface area contributed by atoms with E-state index in [9.17, 15) is 4.79 Å². The predicted molar refractivity (Wildman–Crippen MR) is 102 cm³/mol. The van der Waals surface area contributed by atoms with Gasteiger partial charge in [-0.1, -0.05) is 91.0 Å². The first-order valence-corrected chi connectivity index (χ1v) is 8.58. The molecule has 0 aliphatic heterocycles. The highest BCUT2D eigenvalue weighted by Crippen LogP contribution is 2.16. The monoisotopic (exact) mass is 330 g/mol. The molecule has 0 aliphatic rings. The van der Waals surface area contributed by atoms with Gasteiger partial charge in [-0.05, 0) is 23.1 Å². The van der Waals surface area contributed by atoms with E-state index < -0.39 is 12.3 Å². The fraction of sp³-hybridized carbons (Fsp3) is 0.174. The molecule has 25 heavy (non-hydrogen) atoms. The SMILES string of the molecule is [2H]C(=O)C(Cc1ccccc1)N(Cc1ccccc1)Cc1ccccc1. The summed E-state index contributed by atoms with van der Waals surface area (Å²) >= 11 is 0. The van der Waals surface area contributed by atoms with Crippen molar-refractivity contribution in [1.29, 1.82) is 0 Å². The molecular formula is C23H23NO. The second-order valence-electron chi connectivity index (χ2n) is 6.20. The van der Waals surface area contributed by atoms with Crippen LogP contribution in [0.5, 0.6) is 0 Å². The van der Waals surface area contributed by atoms with Crippen molar-refractivity contribution >= 4 is 6.26 Å². The van der Waals surface area contributed by atoms with Gasteiger partial charge in [0.15, 0.2) is 0 Å². The fourth-order valence-corrected chi connectivity index (χ4v) is 2.99. The predicted octanol–water partition coefficient (Wildman–Crippen LogP) is 4.50. The molecule has 0 amide bonds. The Bertz CT molecular complexity index is 764. The molecule has 0 spiro atoms. The van der Waals surface area contributed by atoms with Crippen LogP contribution in [0.3, 0.4) is 0 Å². The summed E-state index contributed by atoms with van der Waals surface area (Å²) in [7, 11) is 0. The maximum atomic E-state index is 12.2. The quantitative estimate of drug-likeness (QED) is 0.567. The van der Waals surface area contributed by atoms with Crippen molar-refractivity contribution in [1.82, 2.24) is 4.90 Å². The molecule has 0 N–H and O–H groups in total. The molecular weight excluding hydrogens is 306 g/mol. The maximum Gasteiger partial charge on any atom is 0.137 e. The van der Waals surface area contributed by atoms with E-state index in [-0.39, 0.29) is 0 Å². The summed E-state index contributed by atoms with van der Waals surface area (Å²) in [6.45, 7) is 1.27. The molecule has 0 aromatic heterocycles. The summed E-state index contributed by atoms with van der Waals surface area (Å²) in [5, 5.41) is 0. The Morgan fingerprint density at radius 2 is 1.12 bits per heavy atom. The van der Waals surface area contributed by atoms with Crippen LogP contribution in [0.1, 0.15) is 18.1 Å². The van der Waals surface area contributed by atoms with E-state index in [4.69, 9.17) is 1.37 Å². The molecule has 0 aliphatic carbocycles. The lowest BCUT2D eigenvalue weighted by Gasteiger charge is -2.28. The van der Waals surface area contributed by atoms with Crippen LogP contribution in [0.2, 0.25) is 0 Å². The van der Waals surface area contributed by atoms with E-state index in [2.05, 4.69) is 29.2 Å². The minimum atomic E-state index is -0.541. The summed E-state index contributed by atoms with van der Waals surface area (Å²) in [5.41, 5.74) is 3.36. The summed E-state index contributed by atoms with van der Waals surface area (Å²) in [6.07, 6.45) is 0.00348. The molecule has 1 atom stereocenters. The summed E-state index contributed by atoms with van der Waals surface area (Å²) in [4.78, 5) is 14.3. The standard InChI is InChI=1S/C23H23NO/c25-19-23(16-20-10-4-1-5-11-20)24(17-21-12-6-2-7-13-21)18-22-14-8-3-9-15-22/h1-15,19,23H,16-18H2/i19D. The third-order valence-electron chi connectivity index (χ3n) is 4.31. The number of rotatable bonds is 8. The fourth-order valence-electron chi connectivity index (χ4n) is 2.99. The highest BCUT2D eigenvalue weighted by molar-refractivity contribution is 5.58. The number of aldehydes is 1. The summed E-state index contributed by atoms with van der Waals surface area (Å²) < 4.78 is 7.87. The van der Waals surface area contributed by atoms with Crippen molar-refractivity contribution in [3.05, 3.63) is 108 Å². The van der Waals surface area contributed by atoms with E-state index in [0.29, 0.717) is 19.5 Å². The van der Waals surface area contributed by atoms with Crippen LogP contribution < -0.4 is 0 Å². The number of carbonyl (C=O) groups excluding carboxylic acids is 1. The third-order valence-corrected chi connectivity index (χ3v) is 4.31. The van der Waals surface area contributed by atoms with Crippen LogP contribution in [0.15, 0.2) is 91.0 Å². The minimum absolute atomic E-state index is 0.474. The molecule has 3 rings (SSSR count). The first kappa shape index (κ1) is 15.8. The van der Waals surface area contributed by atoms with Gasteiger partial charge in [0.1, 0.15) is 7.63 Å². The van der Waals surface area contributed by atoms with Crippen LogP contribution in [0.25, 0.3) is 0 Å². The Morgan fingerprint density at radius 1 is 0.720 bits per heavy atom. The van der Waals surface area contributed by atoms with Crippen molar-refractivity contribution in [2.45, 2.75) is 25.6 Å². The van der Waals surface area contributed by atoms with E-state index in [1.54, 1.807) is 0 Å². The lowest BCUT2D eigenvalue weighted by molar-refractivity contribution is -0.112. The van der Waals surface area contributed by atoms with E-state index in [1.807, 2.05) is 66.7 Å². The highest BCUT2D eigenvalue weighted by atomic mass is 16.1. The van der Waals surface area contributed by atoms with Gasteiger partial charge in [0.25, 0.3) is 0 Å². The van der Waals surface area contributed by atoms with E-state index in [1.165, 1.54) is 0 Å². The summed E-state index contributed by atoms with van der Waals surface area (Å²) in [6, 6.07) is 29.7. The van der Waals surface area contributed by atoms with Crippen LogP contribution in [0.4, 0.5) is 0 Å². The second-order valence-corrected chi connectivity index (χ2v) is 6.20. The third kappa shape index (κ3) is 5.13. The lowest BCUT2D eigenvalue weighted by atomic mass is 10.0. The van der Waals surface area contributed by atoms with Crippen LogP contribution in [-0.2, 0) is 24.3 Å². The zero-order valence-corrected chi connectivity index (χ0v) is 14.2. The zero-order chi connectivity index (χ0) is 18.2. The number of hydrogen-bond donors (Lipinski definition) is 0. The Morgan fingerprint density at radius 3 is 1.52 bits per heavy atom. The molecule has 0 heterocycles. The second kappa shape index (κ2) is 8.95. The molecule has 0 radical (unpaired) electrons. The van der Waals surface area contributed by atoms with Crippen molar-refractivity contribution in [3.8, 4) is 0 Å². The molecule has 0 saturated heterocycles. The molecule has 3 aromatic carbocycles. The van der Waals surface area contributed by atoms with Gasteiger partial charge in [-0.2, -0.15) is 0 Å². The van der Waals surface area contributed by atoms with E-state index >= 15 is 0 Å². The van der Waals surface area contributed by atoms with Gasteiger partial charge in [-0.25, -0.2) is 0 Å². The van der Waals surface area contributed by atoms with Gasteiger partial charge < -0.3 is 4.79 Å². The first-order valence-electron chi connectivity index (χ1n) is 9.08. The smallest absolute Gasteiger partial charge is 0.137 e. The van der Waals surface area contributed by atoms with Gasteiger partial charge >= 0.3 is 0 Å². The Hall–Kier alpha value is -2.71. The van der Waals surface area contributed by atoms with Crippen molar-refractivity contribution in [3.63, 3.8) is 0 Å². The minimum Gasteiger partial charge on any atom is -0.302 e. The Kier molecular flexibility index (Phi) is 5.66. The van der Waals surface area contributed by atoms with Gasteiger partial charge in [0, 0.05) is 13.1 Å². The van der Waals surface area contributed by atoms with Crippen molar-refractivity contribution < 1.29 is 6.17 Å². The average molecular weight is 330 g/mol. The van der Waals surface area contributed by atoms with Crippen LogP contribution in [0, 0.1) is 0 Å². The first-order chi connectivity index (χ1) is 12.7. The Balaban J connectivity index is 1.86. The molecule has 3 aromatic rings. The van der Waals surface area contributed by atoms with Gasteiger partial charge in [-0.15, -0.1) is 0 Å². The van der Waals surface area contributed by atoms with Crippen molar-refractivity contribution in [2.75, 3.05) is 0 Å². The molecule has 0 fully saturated rings. The van der Waals surface area contributed by atoms with Crippen LogP contribution in [-0.4, -0.2) is 17.2 Å². The van der Waals surface area contributed by atoms with Gasteiger partial charge in [0.05, 0.1) is 6.04 Å². The van der Waals surface area contributed by atoms with Crippen LogP contribution >= 0.6 is 0 Å². The molecule has 2 nitrogen and oxygen atoms in total. The average Bonchev–Trinajstić information content (AvgIpc) is 2.68. The number of benzene rings is 3. The molecule has 0 saturated carbocycles. The summed E-state index contributed by atoms with van der Waals surface area (Å²) in [5.74, 6) is 0. The highest BCUT2D eigenvalue weighted by Gasteiger charge is 2.19. The normalized spacial score (nSPS) is 12.6. The number of nitrogens with zero attached hydrogens (tertiary/aromatic N) is 1. The molecule has 0 bridgehead atoms. The van der Waals surface area contributed by atoms with E-state index in [0.717, 1.165) is 16.7 Å². The largest absolute Gasteiger partial charge is 0.302 e. The lowest BCUT2D eigenvalue weighted by Crippen LogP contribution is -2.37. The number of hydrogen-bond acceptors (Lipinski definition) is 2. The topological polar surface area (TPSA) is 20.3 Å².